The van der Waals surface area contributed by atoms with Crippen LogP contribution >= 0.6 is 0 Å². The zero-order chi connectivity index (χ0) is 24.0. The van der Waals surface area contributed by atoms with Crippen molar-refractivity contribution in [1.29, 1.82) is 0 Å². The van der Waals surface area contributed by atoms with Crippen LogP contribution in [-0.2, 0) is 9.84 Å². The van der Waals surface area contributed by atoms with Crippen LogP contribution in [-0.4, -0.2) is 23.0 Å². The summed E-state index contributed by atoms with van der Waals surface area (Å²) in [7, 11) is -3.72. The Kier molecular flexibility index (Phi) is 4.97. The number of benzene rings is 3. The average Bonchev–Trinajstić information content (AvgIpc) is 3.23. The number of fused-ring (bicyclic) bond motifs is 3. The van der Waals surface area contributed by atoms with Crippen molar-refractivity contribution < 1.29 is 8.42 Å². The fourth-order valence-corrected chi connectivity index (χ4v) is 5.80. The highest BCUT2D eigenvalue weighted by atomic mass is 32.2. The molecule has 6 heteroatoms. The molecule has 6 aromatic rings. The molecular formula is C29H21N3O2S. The molecule has 5 nitrogen and oxygen atoms in total. The molecule has 0 aliphatic carbocycles. The average molecular weight is 476 g/mol. The molecule has 0 saturated carbocycles. The van der Waals surface area contributed by atoms with E-state index < -0.39 is 9.84 Å². The van der Waals surface area contributed by atoms with E-state index in [2.05, 4.69) is 51.8 Å². The van der Waals surface area contributed by atoms with Crippen molar-refractivity contribution in [2.45, 2.75) is 16.8 Å². The van der Waals surface area contributed by atoms with Crippen molar-refractivity contribution in [2.75, 3.05) is 0 Å². The topological polar surface area (TPSA) is 64.8 Å². The van der Waals surface area contributed by atoms with Crippen molar-refractivity contribution in [3.8, 4) is 16.9 Å². The summed E-state index contributed by atoms with van der Waals surface area (Å²) in [6, 6.07) is 30.4. The minimum absolute atomic E-state index is 0.0401. The number of nitrogens with zero attached hydrogens (tertiary/aromatic N) is 3. The zero-order valence-electron chi connectivity index (χ0n) is 19.0. The zero-order valence-corrected chi connectivity index (χ0v) is 19.8. The van der Waals surface area contributed by atoms with E-state index in [9.17, 15) is 8.42 Å². The van der Waals surface area contributed by atoms with Crippen LogP contribution in [0.4, 0.5) is 0 Å². The van der Waals surface area contributed by atoms with E-state index in [0.29, 0.717) is 0 Å². The van der Waals surface area contributed by atoms with Crippen molar-refractivity contribution in [3.05, 3.63) is 115 Å². The highest BCUT2D eigenvalue weighted by Crippen LogP contribution is 2.35. The molecule has 0 spiro atoms. The van der Waals surface area contributed by atoms with Crippen LogP contribution in [0.1, 0.15) is 5.56 Å². The molecule has 170 valence electrons. The molecule has 6 rings (SSSR count). The molecule has 0 aliphatic heterocycles. The molecule has 3 aromatic carbocycles. The van der Waals surface area contributed by atoms with E-state index in [0.717, 1.165) is 44.3 Å². The Hall–Kier alpha value is -4.29. The van der Waals surface area contributed by atoms with Gasteiger partial charge in [-0.3, -0.25) is 4.57 Å². The van der Waals surface area contributed by atoms with Crippen molar-refractivity contribution >= 4 is 31.6 Å². The van der Waals surface area contributed by atoms with Crippen LogP contribution in [0.25, 0.3) is 38.8 Å². The number of sulfone groups is 1. The first-order valence-corrected chi connectivity index (χ1v) is 12.7. The third-order valence-electron chi connectivity index (χ3n) is 6.26. The Morgan fingerprint density at radius 1 is 0.657 bits per heavy atom. The minimum atomic E-state index is -3.72. The number of aryl methyl sites for hydroxylation is 1. The van der Waals surface area contributed by atoms with Crippen LogP contribution in [0, 0.1) is 6.92 Å². The van der Waals surface area contributed by atoms with Gasteiger partial charge in [0.2, 0.25) is 9.84 Å². The molecule has 0 bridgehead atoms. The van der Waals surface area contributed by atoms with Gasteiger partial charge in [0.25, 0.3) is 0 Å². The Morgan fingerprint density at radius 2 is 1.43 bits per heavy atom. The summed E-state index contributed by atoms with van der Waals surface area (Å²) in [6.07, 6.45) is 3.29. The molecule has 0 fully saturated rings. The standard InChI is InChI=1S/C29H21N3O2S/c1-20-8-7-17-31-29(20)32-26-12-3-2-11-24(26)25-15-14-22(19-27(25)32)21-9-6-10-23(18-21)35(33,34)28-13-4-5-16-30-28/h2-19H,1H3. The van der Waals surface area contributed by atoms with Gasteiger partial charge >= 0.3 is 0 Å². The Morgan fingerprint density at radius 3 is 2.26 bits per heavy atom. The molecule has 0 unspecified atom stereocenters. The fraction of sp³-hybridized carbons (Fsp3) is 0.0345. The lowest BCUT2D eigenvalue weighted by Gasteiger charge is -2.11. The smallest absolute Gasteiger partial charge is 0.223 e. The first-order chi connectivity index (χ1) is 17.0. The normalized spacial score (nSPS) is 11.8. The van der Waals surface area contributed by atoms with E-state index in [-0.39, 0.29) is 9.92 Å². The second-order valence-corrected chi connectivity index (χ2v) is 10.3. The highest BCUT2D eigenvalue weighted by molar-refractivity contribution is 7.91. The minimum Gasteiger partial charge on any atom is -0.294 e. The molecule has 3 aromatic heterocycles. The summed E-state index contributed by atoms with van der Waals surface area (Å²) in [5.74, 6) is 0.877. The molecule has 3 heterocycles. The van der Waals surface area contributed by atoms with Crippen molar-refractivity contribution in [2.24, 2.45) is 0 Å². The summed E-state index contributed by atoms with van der Waals surface area (Å²) in [5, 5.41) is 2.30. The molecule has 0 aliphatic rings. The SMILES string of the molecule is Cc1cccnc1-n1c2ccccc2c2ccc(-c3cccc(S(=O)(=O)c4ccccn4)c3)cc21. The monoisotopic (exact) mass is 475 g/mol. The van der Waals surface area contributed by atoms with Gasteiger partial charge in [0.1, 0.15) is 5.82 Å². The second-order valence-electron chi connectivity index (χ2n) is 8.43. The number of rotatable bonds is 4. The number of aromatic nitrogens is 3. The second kappa shape index (κ2) is 8.18. The maximum atomic E-state index is 13.1. The van der Waals surface area contributed by atoms with Crippen LogP contribution in [0.15, 0.2) is 119 Å². The highest BCUT2D eigenvalue weighted by Gasteiger charge is 2.20. The third-order valence-corrected chi connectivity index (χ3v) is 7.92. The lowest BCUT2D eigenvalue weighted by atomic mass is 10.0. The van der Waals surface area contributed by atoms with Crippen molar-refractivity contribution in [1.82, 2.24) is 14.5 Å². The van der Waals surface area contributed by atoms with Gasteiger partial charge < -0.3 is 0 Å². The van der Waals surface area contributed by atoms with E-state index in [1.807, 2.05) is 30.3 Å². The predicted octanol–water partition coefficient (Wildman–Crippen LogP) is 6.38. The maximum absolute atomic E-state index is 13.1. The quantitative estimate of drug-likeness (QED) is 0.297. The summed E-state index contributed by atoms with van der Waals surface area (Å²) >= 11 is 0. The summed E-state index contributed by atoms with van der Waals surface area (Å²) < 4.78 is 28.5. The number of hydrogen-bond donors (Lipinski definition) is 0. The molecule has 0 amide bonds. The van der Waals surface area contributed by atoms with Crippen molar-refractivity contribution in [3.63, 3.8) is 0 Å². The fourth-order valence-electron chi connectivity index (χ4n) is 4.56. The summed E-state index contributed by atoms with van der Waals surface area (Å²) in [5.41, 5.74) is 4.91. The molecule has 0 radical (unpaired) electrons. The van der Waals surface area contributed by atoms with Gasteiger partial charge in [0.15, 0.2) is 5.03 Å². The number of pyridine rings is 2. The largest absolute Gasteiger partial charge is 0.294 e. The molecule has 35 heavy (non-hydrogen) atoms. The van der Waals surface area contributed by atoms with Crippen LogP contribution in [0.3, 0.4) is 0 Å². The summed E-state index contributed by atoms with van der Waals surface area (Å²) in [4.78, 5) is 8.95. The summed E-state index contributed by atoms with van der Waals surface area (Å²) in [6.45, 7) is 2.05. The van der Waals surface area contributed by atoms with Gasteiger partial charge in [-0.1, -0.05) is 54.6 Å². The van der Waals surface area contributed by atoms with Crippen LogP contribution < -0.4 is 0 Å². The Balaban J connectivity index is 1.56. The van der Waals surface area contributed by atoms with Crippen LogP contribution in [0.5, 0.6) is 0 Å². The number of hydrogen-bond acceptors (Lipinski definition) is 4. The van der Waals surface area contributed by atoms with E-state index in [1.54, 1.807) is 36.5 Å². The van der Waals surface area contributed by atoms with E-state index in [1.165, 1.54) is 12.3 Å². The lowest BCUT2D eigenvalue weighted by Crippen LogP contribution is -2.04. The Labute approximate surface area is 203 Å². The first-order valence-electron chi connectivity index (χ1n) is 11.3. The van der Waals surface area contributed by atoms with Crippen LogP contribution in [0.2, 0.25) is 0 Å². The molecule has 0 N–H and O–H groups in total. The predicted molar refractivity (Wildman–Crippen MR) is 138 cm³/mol. The van der Waals surface area contributed by atoms with Gasteiger partial charge in [-0.05, 0) is 66.1 Å². The molecule has 0 saturated heterocycles. The van der Waals surface area contributed by atoms with Gasteiger partial charge in [-0.25, -0.2) is 18.4 Å². The molecule has 0 atom stereocenters. The lowest BCUT2D eigenvalue weighted by molar-refractivity contribution is 0.592. The molecular weight excluding hydrogens is 454 g/mol. The third kappa shape index (κ3) is 3.50. The van der Waals surface area contributed by atoms with Gasteiger partial charge in [-0.15, -0.1) is 0 Å². The van der Waals surface area contributed by atoms with E-state index in [4.69, 9.17) is 0 Å². The van der Waals surface area contributed by atoms with E-state index >= 15 is 0 Å². The van der Waals surface area contributed by atoms with Gasteiger partial charge in [0.05, 0.1) is 15.9 Å². The maximum Gasteiger partial charge on any atom is 0.223 e. The first kappa shape index (κ1) is 21.3. The van der Waals surface area contributed by atoms with Gasteiger partial charge in [-0.2, -0.15) is 0 Å². The Bertz CT molecular complexity index is 1820. The number of para-hydroxylation sites is 1. The van der Waals surface area contributed by atoms with Gasteiger partial charge in [0, 0.05) is 23.2 Å².